The fraction of sp³-hybridized carbons (Fsp3) is 0.412. The summed E-state index contributed by atoms with van der Waals surface area (Å²) in [6, 6.07) is 4.31. The molecule has 2 rings (SSSR count). The van der Waals surface area contributed by atoms with Crippen LogP contribution >= 0.6 is 0 Å². The number of ether oxygens (including phenoxy) is 1. The molecule has 0 fully saturated rings. The lowest BCUT2D eigenvalue weighted by Gasteiger charge is -2.20. The summed E-state index contributed by atoms with van der Waals surface area (Å²) < 4.78 is 19.2. The van der Waals surface area contributed by atoms with Gasteiger partial charge in [0.15, 0.2) is 0 Å². The van der Waals surface area contributed by atoms with E-state index in [1.807, 2.05) is 13.8 Å². The Morgan fingerprint density at radius 1 is 1.33 bits per heavy atom. The fourth-order valence-electron chi connectivity index (χ4n) is 2.18. The van der Waals surface area contributed by atoms with Gasteiger partial charge in [-0.2, -0.15) is 5.10 Å². The summed E-state index contributed by atoms with van der Waals surface area (Å²) in [7, 11) is 0. The third-order valence-electron chi connectivity index (χ3n) is 3.35. The lowest BCUT2D eigenvalue weighted by Crippen LogP contribution is -2.27. The first-order valence-electron chi connectivity index (χ1n) is 7.69. The number of aromatic nitrogens is 2. The molecule has 0 spiro atoms. The van der Waals surface area contributed by atoms with Crippen LogP contribution in [-0.4, -0.2) is 21.9 Å². The zero-order chi connectivity index (χ0) is 17.9. The molecule has 0 saturated carbocycles. The van der Waals surface area contributed by atoms with Gasteiger partial charge >= 0.3 is 6.09 Å². The van der Waals surface area contributed by atoms with Crippen molar-refractivity contribution in [3.05, 3.63) is 41.0 Å². The standard InChI is InChI=1S/C17H23FN4O2/c1-10-13(11(2)22-21-10)9-19-15-8-12(6-7-14(15)18)20-16(23)24-17(3,4)5/h6-8,19H,9H2,1-5H3,(H,20,23)(H,21,22). The molecule has 3 N–H and O–H groups in total. The zero-order valence-corrected chi connectivity index (χ0v) is 14.6. The topological polar surface area (TPSA) is 79.0 Å². The predicted molar refractivity (Wildman–Crippen MR) is 91.6 cm³/mol. The minimum absolute atomic E-state index is 0.295. The van der Waals surface area contributed by atoms with Crippen LogP contribution in [0.4, 0.5) is 20.6 Å². The normalized spacial score (nSPS) is 11.2. The molecule has 0 aliphatic rings. The highest BCUT2D eigenvalue weighted by molar-refractivity contribution is 5.85. The van der Waals surface area contributed by atoms with Gasteiger partial charge in [0.05, 0.1) is 11.4 Å². The maximum atomic E-state index is 14.0. The van der Waals surface area contributed by atoms with Crippen molar-refractivity contribution in [1.82, 2.24) is 10.2 Å². The molecule has 0 aliphatic heterocycles. The number of anilines is 2. The van der Waals surface area contributed by atoms with Gasteiger partial charge in [0.25, 0.3) is 0 Å². The molecular formula is C17H23FN4O2. The third-order valence-corrected chi connectivity index (χ3v) is 3.35. The molecule has 7 heteroatoms. The van der Waals surface area contributed by atoms with Gasteiger partial charge in [0, 0.05) is 23.5 Å². The lowest BCUT2D eigenvalue weighted by atomic mass is 10.2. The maximum absolute atomic E-state index is 14.0. The van der Waals surface area contributed by atoms with Crippen molar-refractivity contribution in [3.8, 4) is 0 Å². The number of aryl methyl sites for hydroxylation is 2. The molecule has 1 amide bonds. The molecule has 0 atom stereocenters. The molecule has 0 unspecified atom stereocenters. The number of aromatic amines is 1. The molecule has 0 bridgehead atoms. The fourth-order valence-corrected chi connectivity index (χ4v) is 2.18. The van der Waals surface area contributed by atoms with E-state index >= 15 is 0 Å². The highest BCUT2D eigenvalue weighted by Crippen LogP contribution is 2.22. The number of benzene rings is 1. The van der Waals surface area contributed by atoms with E-state index in [0.717, 1.165) is 17.0 Å². The summed E-state index contributed by atoms with van der Waals surface area (Å²) >= 11 is 0. The minimum atomic E-state index is -0.596. The van der Waals surface area contributed by atoms with Gasteiger partial charge in [0.1, 0.15) is 11.4 Å². The summed E-state index contributed by atoms with van der Waals surface area (Å²) in [5.74, 6) is -0.400. The Labute approximate surface area is 140 Å². The molecule has 0 saturated heterocycles. The van der Waals surface area contributed by atoms with E-state index in [9.17, 15) is 9.18 Å². The van der Waals surface area contributed by atoms with Gasteiger partial charge in [-0.1, -0.05) is 0 Å². The van der Waals surface area contributed by atoms with Crippen molar-refractivity contribution in [2.24, 2.45) is 0 Å². The average molecular weight is 334 g/mol. The molecule has 1 aromatic heterocycles. The first-order chi connectivity index (χ1) is 11.2. The van der Waals surface area contributed by atoms with Gasteiger partial charge in [-0.3, -0.25) is 10.4 Å². The van der Waals surface area contributed by atoms with Crippen molar-refractivity contribution in [2.75, 3.05) is 10.6 Å². The van der Waals surface area contributed by atoms with E-state index < -0.39 is 17.5 Å². The minimum Gasteiger partial charge on any atom is -0.444 e. The van der Waals surface area contributed by atoms with Crippen molar-refractivity contribution in [3.63, 3.8) is 0 Å². The Morgan fingerprint density at radius 2 is 2.04 bits per heavy atom. The molecule has 2 aromatic rings. The number of H-pyrrole nitrogens is 1. The van der Waals surface area contributed by atoms with E-state index in [4.69, 9.17) is 4.74 Å². The number of hydrogen-bond acceptors (Lipinski definition) is 4. The van der Waals surface area contributed by atoms with Crippen molar-refractivity contribution < 1.29 is 13.9 Å². The van der Waals surface area contributed by atoms with E-state index in [1.165, 1.54) is 18.2 Å². The summed E-state index contributed by atoms with van der Waals surface area (Å²) in [5, 5.41) is 12.6. The van der Waals surface area contributed by atoms with E-state index in [1.54, 1.807) is 20.8 Å². The van der Waals surface area contributed by atoms with E-state index in [0.29, 0.717) is 17.9 Å². The Balaban J connectivity index is 2.07. The Bertz CT molecular complexity index is 715. The summed E-state index contributed by atoms with van der Waals surface area (Å²) in [6.45, 7) is 9.56. The zero-order valence-electron chi connectivity index (χ0n) is 14.6. The predicted octanol–water partition coefficient (Wildman–Crippen LogP) is 4.12. The van der Waals surface area contributed by atoms with Gasteiger partial charge in [-0.25, -0.2) is 9.18 Å². The third kappa shape index (κ3) is 4.71. The van der Waals surface area contributed by atoms with Crippen LogP contribution in [0.5, 0.6) is 0 Å². The monoisotopic (exact) mass is 334 g/mol. The second-order valence-corrected chi connectivity index (χ2v) is 6.59. The number of amides is 1. The number of rotatable bonds is 4. The van der Waals surface area contributed by atoms with E-state index in [2.05, 4.69) is 20.8 Å². The van der Waals surface area contributed by atoms with E-state index in [-0.39, 0.29) is 0 Å². The quantitative estimate of drug-likeness (QED) is 0.785. The first kappa shape index (κ1) is 17.8. The molecule has 6 nitrogen and oxygen atoms in total. The number of carbonyl (C=O) groups excluding carboxylic acids is 1. The highest BCUT2D eigenvalue weighted by atomic mass is 19.1. The number of nitrogens with one attached hydrogen (secondary N) is 3. The number of nitrogens with zero attached hydrogens (tertiary/aromatic N) is 1. The van der Waals surface area contributed by atoms with Crippen molar-refractivity contribution >= 4 is 17.5 Å². The summed E-state index contributed by atoms with van der Waals surface area (Å²) in [6.07, 6.45) is -0.582. The average Bonchev–Trinajstić information content (AvgIpc) is 2.77. The van der Waals surface area contributed by atoms with Crippen molar-refractivity contribution in [2.45, 2.75) is 46.8 Å². The van der Waals surface area contributed by atoms with Crippen LogP contribution in [0.1, 0.15) is 37.7 Å². The second-order valence-electron chi connectivity index (χ2n) is 6.59. The molecule has 0 aliphatic carbocycles. The summed E-state index contributed by atoms with van der Waals surface area (Å²) in [5.41, 5.74) is 2.94. The van der Waals surface area contributed by atoms with Gasteiger partial charge in [-0.15, -0.1) is 0 Å². The molecule has 24 heavy (non-hydrogen) atoms. The Hall–Kier alpha value is -2.57. The highest BCUT2D eigenvalue weighted by Gasteiger charge is 2.16. The van der Waals surface area contributed by atoms with Gasteiger partial charge < -0.3 is 10.1 Å². The SMILES string of the molecule is Cc1n[nH]c(C)c1CNc1cc(NC(=O)OC(C)(C)C)ccc1F. The Kier molecular flexibility index (Phi) is 5.11. The second kappa shape index (κ2) is 6.90. The summed E-state index contributed by atoms with van der Waals surface area (Å²) in [4.78, 5) is 11.8. The number of hydrogen-bond donors (Lipinski definition) is 3. The molecule has 130 valence electrons. The van der Waals surface area contributed by atoms with Crippen LogP contribution in [0.3, 0.4) is 0 Å². The van der Waals surface area contributed by atoms with Crippen LogP contribution in [0, 0.1) is 19.7 Å². The smallest absolute Gasteiger partial charge is 0.412 e. The largest absolute Gasteiger partial charge is 0.444 e. The Morgan fingerprint density at radius 3 is 2.62 bits per heavy atom. The van der Waals surface area contributed by atoms with Crippen LogP contribution in [0.25, 0.3) is 0 Å². The van der Waals surface area contributed by atoms with Gasteiger partial charge in [-0.05, 0) is 52.8 Å². The maximum Gasteiger partial charge on any atom is 0.412 e. The van der Waals surface area contributed by atoms with Crippen LogP contribution in [0.2, 0.25) is 0 Å². The molecule has 1 aromatic carbocycles. The molecular weight excluding hydrogens is 311 g/mol. The first-order valence-corrected chi connectivity index (χ1v) is 7.69. The number of carbonyl (C=O) groups is 1. The van der Waals surface area contributed by atoms with Crippen molar-refractivity contribution in [1.29, 1.82) is 0 Å². The molecule has 0 radical (unpaired) electrons. The lowest BCUT2D eigenvalue weighted by molar-refractivity contribution is 0.0636. The van der Waals surface area contributed by atoms with Crippen LogP contribution in [-0.2, 0) is 11.3 Å². The van der Waals surface area contributed by atoms with Gasteiger partial charge in [0.2, 0.25) is 0 Å². The number of halogens is 1. The van der Waals surface area contributed by atoms with Crippen LogP contribution in [0.15, 0.2) is 18.2 Å². The molecule has 1 heterocycles. The van der Waals surface area contributed by atoms with Crippen LogP contribution < -0.4 is 10.6 Å².